The van der Waals surface area contributed by atoms with Crippen molar-refractivity contribution >= 4 is 29.0 Å². The van der Waals surface area contributed by atoms with Crippen LogP contribution < -0.4 is 10.2 Å². The Morgan fingerprint density at radius 2 is 2.03 bits per heavy atom. The summed E-state index contributed by atoms with van der Waals surface area (Å²) in [4.78, 5) is 41.5. The molecule has 154 valence electrons. The van der Waals surface area contributed by atoms with Crippen LogP contribution in [0, 0.1) is 24.6 Å². The van der Waals surface area contributed by atoms with E-state index in [0.717, 1.165) is 13.1 Å². The highest BCUT2D eigenvalue weighted by molar-refractivity contribution is 6.03. The minimum absolute atomic E-state index is 0.00333. The largest absolute Gasteiger partial charge is 0.319 e. The van der Waals surface area contributed by atoms with Crippen LogP contribution in [-0.2, 0) is 4.79 Å². The quantitative estimate of drug-likeness (QED) is 0.702. The highest BCUT2D eigenvalue weighted by Gasteiger charge is 2.46. The molecular weight excluding hydrogens is 389 g/mol. The van der Waals surface area contributed by atoms with Gasteiger partial charge in [0, 0.05) is 44.0 Å². The standard InChI is InChI=1S/C20H20FN7O2/c1-11-6-27-9-13(3-15(21)18(27)24-11)25-19(29)16-4-23-17(5-22-16)28-8-12-7-26(2)10-14(12)20(28)30/h3-6,9,12,14H,7-8,10H2,1-2H3,(H,25,29)/t12-,14-/m1/s1. The molecule has 2 saturated heterocycles. The molecule has 3 aromatic heterocycles. The topological polar surface area (TPSA) is 95.7 Å². The number of aryl methyl sites for hydroxylation is 1. The van der Waals surface area contributed by atoms with Crippen molar-refractivity contribution in [1.82, 2.24) is 24.3 Å². The van der Waals surface area contributed by atoms with E-state index in [2.05, 4.69) is 25.2 Å². The lowest BCUT2D eigenvalue weighted by Gasteiger charge is -2.18. The van der Waals surface area contributed by atoms with E-state index in [-0.39, 0.29) is 28.9 Å². The second-order valence-electron chi connectivity index (χ2n) is 7.94. The molecule has 10 heteroatoms. The zero-order valence-electron chi connectivity index (χ0n) is 16.5. The molecule has 0 spiro atoms. The first-order valence-electron chi connectivity index (χ1n) is 9.67. The van der Waals surface area contributed by atoms with E-state index >= 15 is 0 Å². The molecule has 9 nitrogen and oxygen atoms in total. The van der Waals surface area contributed by atoms with E-state index < -0.39 is 11.7 Å². The SMILES string of the molecule is Cc1cn2cc(NC(=O)c3cnc(N4C[C@H]5CN(C)C[C@H]5C4=O)cn3)cc(F)c2n1. The number of imidazole rings is 1. The van der Waals surface area contributed by atoms with Crippen molar-refractivity contribution in [2.75, 3.05) is 36.9 Å². The number of amides is 2. The van der Waals surface area contributed by atoms with E-state index in [0.29, 0.717) is 24.0 Å². The third-order valence-electron chi connectivity index (χ3n) is 5.66. The summed E-state index contributed by atoms with van der Waals surface area (Å²) in [6, 6.07) is 1.21. The molecule has 2 atom stereocenters. The normalized spacial score (nSPS) is 21.4. The number of pyridine rings is 1. The van der Waals surface area contributed by atoms with Crippen LogP contribution in [0.1, 0.15) is 16.2 Å². The number of hydrogen-bond donors (Lipinski definition) is 1. The molecule has 1 N–H and O–H groups in total. The van der Waals surface area contributed by atoms with Gasteiger partial charge in [0.05, 0.1) is 29.7 Å². The molecule has 30 heavy (non-hydrogen) atoms. The first-order chi connectivity index (χ1) is 14.4. The molecule has 2 fully saturated rings. The summed E-state index contributed by atoms with van der Waals surface area (Å²) in [6.45, 7) is 4.01. The number of hydrogen-bond acceptors (Lipinski definition) is 6. The van der Waals surface area contributed by atoms with Gasteiger partial charge in [0.15, 0.2) is 17.3 Å². The van der Waals surface area contributed by atoms with Crippen LogP contribution in [0.3, 0.4) is 0 Å². The van der Waals surface area contributed by atoms with Crippen molar-refractivity contribution in [3.05, 3.63) is 48.1 Å². The van der Waals surface area contributed by atoms with E-state index in [9.17, 15) is 14.0 Å². The number of anilines is 2. The third kappa shape index (κ3) is 3.09. The fourth-order valence-corrected chi connectivity index (χ4v) is 4.30. The smallest absolute Gasteiger partial charge is 0.275 e. The van der Waals surface area contributed by atoms with Crippen LogP contribution in [0.4, 0.5) is 15.9 Å². The summed E-state index contributed by atoms with van der Waals surface area (Å²) in [5.41, 5.74) is 1.22. The second-order valence-corrected chi connectivity index (χ2v) is 7.94. The highest BCUT2D eigenvalue weighted by atomic mass is 19.1. The Labute approximate surface area is 171 Å². The number of aromatic nitrogens is 4. The van der Waals surface area contributed by atoms with Crippen molar-refractivity contribution in [2.45, 2.75) is 6.92 Å². The van der Waals surface area contributed by atoms with Gasteiger partial charge in [-0.3, -0.25) is 14.5 Å². The van der Waals surface area contributed by atoms with E-state index in [1.807, 2.05) is 7.05 Å². The fourth-order valence-electron chi connectivity index (χ4n) is 4.30. The summed E-state index contributed by atoms with van der Waals surface area (Å²) in [5, 5.41) is 2.62. The molecule has 2 aliphatic heterocycles. The highest BCUT2D eigenvalue weighted by Crippen LogP contribution is 2.33. The van der Waals surface area contributed by atoms with Crippen molar-refractivity contribution in [3.8, 4) is 0 Å². The Balaban J connectivity index is 1.31. The Bertz CT molecular complexity index is 1160. The van der Waals surface area contributed by atoms with E-state index in [1.165, 1.54) is 22.9 Å². The summed E-state index contributed by atoms with van der Waals surface area (Å²) >= 11 is 0. The lowest BCUT2D eigenvalue weighted by atomic mass is 10.0. The molecule has 0 saturated carbocycles. The van der Waals surface area contributed by atoms with Gasteiger partial charge in [0.1, 0.15) is 5.69 Å². The van der Waals surface area contributed by atoms with Gasteiger partial charge in [-0.25, -0.2) is 19.3 Å². The van der Waals surface area contributed by atoms with Crippen LogP contribution in [0.5, 0.6) is 0 Å². The van der Waals surface area contributed by atoms with Gasteiger partial charge in [0.2, 0.25) is 5.91 Å². The van der Waals surface area contributed by atoms with E-state index in [1.54, 1.807) is 24.2 Å². The average Bonchev–Trinajstić information content (AvgIpc) is 3.35. The summed E-state index contributed by atoms with van der Waals surface area (Å²) in [6.07, 6.45) is 6.01. The van der Waals surface area contributed by atoms with Gasteiger partial charge in [-0.2, -0.15) is 0 Å². The van der Waals surface area contributed by atoms with Crippen LogP contribution in [0.25, 0.3) is 5.65 Å². The minimum atomic E-state index is -0.536. The number of carbonyl (C=O) groups excluding carboxylic acids is 2. The van der Waals surface area contributed by atoms with Crippen molar-refractivity contribution in [3.63, 3.8) is 0 Å². The van der Waals surface area contributed by atoms with Crippen LogP contribution in [-0.4, -0.2) is 62.7 Å². The number of rotatable bonds is 3. The monoisotopic (exact) mass is 409 g/mol. The Morgan fingerprint density at radius 3 is 2.77 bits per heavy atom. The van der Waals surface area contributed by atoms with Crippen molar-refractivity contribution in [2.24, 2.45) is 11.8 Å². The molecule has 0 aliphatic carbocycles. The number of likely N-dealkylation sites (tertiary alicyclic amines) is 1. The van der Waals surface area contributed by atoms with E-state index in [4.69, 9.17) is 0 Å². The Hall–Kier alpha value is -3.40. The molecule has 0 unspecified atom stereocenters. The summed E-state index contributed by atoms with van der Waals surface area (Å²) in [7, 11) is 2.01. The third-order valence-corrected chi connectivity index (χ3v) is 5.66. The lowest BCUT2D eigenvalue weighted by Crippen LogP contribution is -2.32. The number of fused-ring (bicyclic) bond motifs is 2. The van der Waals surface area contributed by atoms with Gasteiger partial charge < -0.3 is 14.6 Å². The van der Waals surface area contributed by atoms with Crippen LogP contribution in [0.15, 0.2) is 30.9 Å². The maximum atomic E-state index is 14.2. The fraction of sp³-hybridized carbons (Fsp3) is 0.350. The number of carbonyl (C=O) groups is 2. The predicted molar refractivity (Wildman–Crippen MR) is 107 cm³/mol. The first kappa shape index (κ1) is 18.6. The number of nitrogens with zero attached hydrogens (tertiary/aromatic N) is 6. The molecule has 2 aliphatic rings. The minimum Gasteiger partial charge on any atom is -0.319 e. The van der Waals surface area contributed by atoms with Gasteiger partial charge in [-0.05, 0) is 14.0 Å². The molecule has 5 rings (SSSR count). The van der Waals surface area contributed by atoms with Crippen LogP contribution in [0.2, 0.25) is 0 Å². The van der Waals surface area contributed by atoms with Gasteiger partial charge in [-0.1, -0.05) is 0 Å². The second kappa shape index (κ2) is 6.84. The molecule has 0 radical (unpaired) electrons. The molecular formula is C20H20FN7O2. The number of halogens is 1. The molecule has 0 bridgehead atoms. The summed E-state index contributed by atoms with van der Waals surface area (Å²) in [5.74, 6) is -0.271. The number of nitrogens with one attached hydrogen (secondary N) is 1. The predicted octanol–water partition coefficient (Wildman–Crippen LogP) is 1.35. The molecule has 2 amide bonds. The zero-order valence-corrected chi connectivity index (χ0v) is 16.5. The van der Waals surface area contributed by atoms with Gasteiger partial charge >= 0.3 is 0 Å². The first-order valence-corrected chi connectivity index (χ1v) is 9.67. The maximum Gasteiger partial charge on any atom is 0.275 e. The van der Waals surface area contributed by atoms with Crippen molar-refractivity contribution < 1.29 is 14.0 Å². The average molecular weight is 409 g/mol. The Kier molecular flexibility index (Phi) is 4.24. The molecule has 3 aromatic rings. The molecule has 5 heterocycles. The molecule has 0 aromatic carbocycles. The zero-order chi connectivity index (χ0) is 21.0. The maximum absolute atomic E-state index is 14.2. The van der Waals surface area contributed by atoms with Gasteiger partial charge in [0.25, 0.3) is 5.91 Å². The summed E-state index contributed by atoms with van der Waals surface area (Å²) < 4.78 is 15.7. The van der Waals surface area contributed by atoms with Crippen molar-refractivity contribution in [1.29, 1.82) is 0 Å². The lowest BCUT2D eigenvalue weighted by molar-refractivity contribution is -0.120. The van der Waals surface area contributed by atoms with Gasteiger partial charge in [-0.15, -0.1) is 0 Å². The van der Waals surface area contributed by atoms with Crippen LogP contribution >= 0.6 is 0 Å². The Morgan fingerprint density at radius 1 is 1.20 bits per heavy atom.